The molecule has 0 bridgehead atoms. The highest BCUT2D eigenvalue weighted by atomic mass is 19.1. The van der Waals surface area contributed by atoms with Crippen LogP contribution in [0.1, 0.15) is 35.2 Å². The topological polar surface area (TPSA) is 36.4 Å². The number of carbonyl (C=O) groups is 1. The van der Waals surface area contributed by atoms with Gasteiger partial charge in [-0.3, -0.25) is 4.79 Å². The van der Waals surface area contributed by atoms with E-state index in [4.69, 9.17) is 0 Å². The van der Waals surface area contributed by atoms with Crippen molar-refractivity contribution >= 4 is 11.7 Å². The van der Waals surface area contributed by atoms with E-state index < -0.39 is 0 Å². The molecule has 126 valence electrons. The maximum atomic E-state index is 13.1. The van der Waals surface area contributed by atoms with Crippen LogP contribution in [0.5, 0.6) is 0 Å². The minimum atomic E-state index is -0.204. The Hall–Kier alpha value is -2.43. The second-order valence-corrected chi connectivity index (χ2v) is 6.59. The molecule has 5 heteroatoms. The summed E-state index contributed by atoms with van der Waals surface area (Å²) in [4.78, 5) is 20.2. The normalized spacial score (nSPS) is 20.2. The fourth-order valence-corrected chi connectivity index (χ4v) is 3.27. The molecule has 1 aliphatic heterocycles. The van der Waals surface area contributed by atoms with Gasteiger partial charge < -0.3 is 9.80 Å². The van der Waals surface area contributed by atoms with Gasteiger partial charge in [0.2, 0.25) is 0 Å². The molecule has 24 heavy (non-hydrogen) atoms. The Kier molecular flexibility index (Phi) is 4.51. The monoisotopic (exact) mass is 327 g/mol. The average Bonchev–Trinajstić information content (AvgIpc) is 2.96. The summed E-state index contributed by atoms with van der Waals surface area (Å²) < 4.78 is 13.1. The summed E-state index contributed by atoms with van der Waals surface area (Å²) in [6.45, 7) is 3.02. The van der Waals surface area contributed by atoms with Crippen LogP contribution in [0.4, 0.5) is 10.2 Å². The minimum absolute atomic E-state index is 0.0484. The van der Waals surface area contributed by atoms with E-state index in [9.17, 15) is 9.18 Å². The summed E-state index contributed by atoms with van der Waals surface area (Å²) in [5.41, 5.74) is 1.75. The van der Waals surface area contributed by atoms with Crippen molar-refractivity contribution in [2.24, 2.45) is 0 Å². The van der Waals surface area contributed by atoms with Gasteiger partial charge in [-0.25, -0.2) is 9.37 Å². The van der Waals surface area contributed by atoms with Gasteiger partial charge in [0.05, 0.1) is 5.56 Å². The lowest BCUT2D eigenvalue weighted by molar-refractivity contribution is 0.0827. The standard InChI is InChI=1S/C19H22FN3O/c1-13-10-16(14-4-7-17(20)8-5-14)12-23(13)18-9-6-15(11-21-18)19(24)22(2)3/h4-9,11,13,16H,10,12H2,1-3H3. The molecule has 1 amide bonds. The summed E-state index contributed by atoms with van der Waals surface area (Å²) in [5.74, 6) is 0.991. The maximum absolute atomic E-state index is 13.1. The largest absolute Gasteiger partial charge is 0.353 e. The predicted octanol–water partition coefficient (Wildman–Crippen LogP) is 3.30. The highest BCUT2D eigenvalue weighted by molar-refractivity contribution is 5.93. The predicted molar refractivity (Wildman–Crippen MR) is 92.8 cm³/mol. The Morgan fingerprint density at radius 2 is 1.92 bits per heavy atom. The van der Waals surface area contributed by atoms with Crippen LogP contribution >= 0.6 is 0 Å². The molecule has 1 aliphatic rings. The second-order valence-electron chi connectivity index (χ2n) is 6.59. The van der Waals surface area contributed by atoms with Crippen LogP contribution in [0.25, 0.3) is 0 Å². The van der Waals surface area contributed by atoms with Crippen molar-refractivity contribution in [3.63, 3.8) is 0 Å². The quantitative estimate of drug-likeness (QED) is 0.868. The van der Waals surface area contributed by atoms with E-state index in [1.807, 2.05) is 24.3 Å². The molecule has 2 unspecified atom stereocenters. The van der Waals surface area contributed by atoms with Gasteiger partial charge in [0.1, 0.15) is 11.6 Å². The zero-order valence-corrected chi connectivity index (χ0v) is 14.2. The third kappa shape index (κ3) is 3.25. The Morgan fingerprint density at radius 1 is 1.21 bits per heavy atom. The molecule has 1 fully saturated rings. The number of hydrogen-bond donors (Lipinski definition) is 0. The first-order valence-corrected chi connectivity index (χ1v) is 8.15. The van der Waals surface area contributed by atoms with E-state index in [-0.39, 0.29) is 11.7 Å². The lowest BCUT2D eigenvalue weighted by Crippen LogP contribution is -2.28. The van der Waals surface area contributed by atoms with Crippen molar-refractivity contribution in [2.45, 2.75) is 25.3 Å². The van der Waals surface area contributed by atoms with Crippen LogP contribution in [-0.2, 0) is 0 Å². The first-order valence-electron chi connectivity index (χ1n) is 8.15. The lowest BCUT2D eigenvalue weighted by atomic mass is 9.97. The summed E-state index contributed by atoms with van der Waals surface area (Å²) in [6.07, 6.45) is 2.64. The number of hydrogen-bond acceptors (Lipinski definition) is 3. The molecular formula is C19H22FN3O. The van der Waals surface area contributed by atoms with Gasteiger partial charge >= 0.3 is 0 Å². The molecular weight excluding hydrogens is 305 g/mol. The van der Waals surface area contributed by atoms with Crippen LogP contribution in [-0.4, -0.2) is 42.5 Å². The van der Waals surface area contributed by atoms with Crippen molar-refractivity contribution in [2.75, 3.05) is 25.5 Å². The van der Waals surface area contributed by atoms with E-state index in [1.165, 1.54) is 12.1 Å². The first-order chi connectivity index (χ1) is 11.5. The number of nitrogens with zero attached hydrogens (tertiary/aromatic N) is 3. The molecule has 1 saturated heterocycles. The molecule has 2 heterocycles. The second kappa shape index (κ2) is 6.59. The van der Waals surface area contributed by atoms with Crippen LogP contribution in [0.2, 0.25) is 0 Å². The van der Waals surface area contributed by atoms with E-state index in [1.54, 1.807) is 25.2 Å². The molecule has 2 aromatic rings. The smallest absolute Gasteiger partial charge is 0.254 e. The van der Waals surface area contributed by atoms with Gasteiger partial charge in [0, 0.05) is 38.8 Å². The number of halogens is 1. The molecule has 0 N–H and O–H groups in total. The molecule has 4 nitrogen and oxygen atoms in total. The SMILES string of the molecule is CC1CC(c2ccc(F)cc2)CN1c1ccc(C(=O)N(C)C)cn1. The first kappa shape index (κ1) is 16.4. The van der Waals surface area contributed by atoms with E-state index in [0.717, 1.165) is 24.3 Å². The van der Waals surface area contributed by atoms with Crippen molar-refractivity contribution in [3.8, 4) is 0 Å². The van der Waals surface area contributed by atoms with Gasteiger partial charge in [-0.1, -0.05) is 12.1 Å². The van der Waals surface area contributed by atoms with E-state index >= 15 is 0 Å². The third-order valence-corrected chi connectivity index (χ3v) is 4.61. The van der Waals surface area contributed by atoms with Crippen LogP contribution in [0.15, 0.2) is 42.6 Å². The Bertz CT molecular complexity index is 712. The lowest BCUT2D eigenvalue weighted by Gasteiger charge is -2.23. The fourth-order valence-electron chi connectivity index (χ4n) is 3.27. The van der Waals surface area contributed by atoms with Crippen molar-refractivity contribution in [3.05, 3.63) is 59.5 Å². The Labute approximate surface area is 141 Å². The van der Waals surface area contributed by atoms with Crippen molar-refractivity contribution in [1.29, 1.82) is 0 Å². The average molecular weight is 327 g/mol. The number of aromatic nitrogens is 1. The van der Waals surface area contributed by atoms with Crippen LogP contribution in [0, 0.1) is 5.82 Å². The summed E-state index contributed by atoms with van der Waals surface area (Å²) in [6, 6.07) is 10.8. The summed E-state index contributed by atoms with van der Waals surface area (Å²) in [5, 5.41) is 0. The summed E-state index contributed by atoms with van der Waals surface area (Å²) >= 11 is 0. The van der Waals surface area contributed by atoms with Gasteiger partial charge in [0.25, 0.3) is 5.91 Å². The van der Waals surface area contributed by atoms with Gasteiger partial charge in [0.15, 0.2) is 0 Å². The molecule has 0 aliphatic carbocycles. The van der Waals surface area contributed by atoms with Crippen molar-refractivity contribution < 1.29 is 9.18 Å². The Balaban J connectivity index is 1.75. The molecule has 0 saturated carbocycles. The molecule has 0 spiro atoms. The van der Waals surface area contributed by atoms with E-state index in [0.29, 0.717) is 17.5 Å². The number of anilines is 1. The molecule has 3 rings (SSSR count). The van der Waals surface area contributed by atoms with Gasteiger partial charge in [-0.05, 0) is 43.2 Å². The summed E-state index contributed by atoms with van der Waals surface area (Å²) in [7, 11) is 3.46. The zero-order chi connectivity index (χ0) is 17.3. The third-order valence-electron chi connectivity index (χ3n) is 4.61. The number of amides is 1. The minimum Gasteiger partial charge on any atom is -0.353 e. The highest BCUT2D eigenvalue weighted by Crippen LogP contribution is 2.34. The molecule has 2 atom stereocenters. The number of rotatable bonds is 3. The fraction of sp³-hybridized carbons (Fsp3) is 0.368. The number of carbonyl (C=O) groups excluding carboxylic acids is 1. The maximum Gasteiger partial charge on any atom is 0.254 e. The van der Waals surface area contributed by atoms with Gasteiger partial charge in [-0.2, -0.15) is 0 Å². The van der Waals surface area contributed by atoms with Crippen LogP contribution < -0.4 is 4.90 Å². The number of pyridine rings is 1. The van der Waals surface area contributed by atoms with Crippen molar-refractivity contribution in [1.82, 2.24) is 9.88 Å². The van der Waals surface area contributed by atoms with Gasteiger partial charge in [-0.15, -0.1) is 0 Å². The Morgan fingerprint density at radius 3 is 2.50 bits per heavy atom. The molecule has 0 radical (unpaired) electrons. The molecule has 1 aromatic carbocycles. The van der Waals surface area contributed by atoms with Crippen LogP contribution in [0.3, 0.4) is 0 Å². The highest BCUT2D eigenvalue weighted by Gasteiger charge is 2.30. The zero-order valence-electron chi connectivity index (χ0n) is 14.2. The number of benzene rings is 1. The van der Waals surface area contributed by atoms with E-state index in [2.05, 4.69) is 16.8 Å². The molecule has 1 aromatic heterocycles.